The Balaban J connectivity index is 2.01. The van der Waals surface area contributed by atoms with Crippen molar-refractivity contribution in [3.63, 3.8) is 0 Å². The molecule has 2 rings (SSSR count). The molecule has 19 heavy (non-hydrogen) atoms. The van der Waals surface area contributed by atoms with Crippen molar-refractivity contribution in [1.82, 2.24) is 4.90 Å². The summed E-state index contributed by atoms with van der Waals surface area (Å²) in [7, 11) is 0. The molecule has 1 unspecified atom stereocenters. The van der Waals surface area contributed by atoms with Crippen LogP contribution in [-0.4, -0.2) is 35.0 Å². The maximum absolute atomic E-state index is 12.0. The summed E-state index contributed by atoms with van der Waals surface area (Å²) in [5.41, 5.74) is -0.841. The topological polar surface area (TPSA) is 70.8 Å². The van der Waals surface area contributed by atoms with Gasteiger partial charge in [0.25, 0.3) is 0 Å². The van der Waals surface area contributed by atoms with E-state index in [1.54, 1.807) is 30.0 Å². The first-order valence-electron chi connectivity index (χ1n) is 6.25. The van der Waals surface area contributed by atoms with Gasteiger partial charge in [-0.3, -0.25) is 9.59 Å². The quantitative estimate of drug-likeness (QED) is 0.847. The zero-order valence-corrected chi connectivity index (χ0v) is 10.8. The second-order valence-corrected chi connectivity index (χ2v) is 5.08. The van der Waals surface area contributed by atoms with E-state index >= 15 is 0 Å². The molecule has 1 fully saturated rings. The number of hydrogen-bond donors (Lipinski definition) is 1. The van der Waals surface area contributed by atoms with Gasteiger partial charge >= 0.3 is 5.97 Å². The molecule has 5 nitrogen and oxygen atoms in total. The lowest BCUT2D eigenvalue weighted by Crippen LogP contribution is -2.47. The summed E-state index contributed by atoms with van der Waals surface area (Å²) in [5.74, 6) is -0.421. The largest absolute Gasteiger partial charge is 0.481 e. The van der Waals surface area contributed by atoms with Gasteiger partial charge in [0, 0.05) is 19.2 Å². The fourth-order valence-electron chi connectivity index (χ4n) is 2.25. The average Bonchev–Trinajstić information content (AvgIpc) is 2.89. The zero-order chi connectivity index (χ0) is 13.9. The highest BCUT2D eigenvalue weighted by Crippen LogP contribution is 2.29. The SMILES string of the molecule is CC1(C(=O)O)CCCN(C(=O)C=Cc2ccco2)C1. The van der Waals surface area contributed by atoms with Gasteiger partial charge in [-0.05, 0) is 38.0 Å². The molecule has 1 aromatic heterocycles. The third-order valence-corrected chi connectivity index (χ3v) is 3.46. The van der Waals surface area contributed by atoms with Crippen molar-refractivity contribution in [1.29, 1.82) is 0 Å². The average molecular weight is 263 g/mol. The molecule has 0 spiro atoms. The van der Waals surface area contributed by atoms with Gasteiger partial charge in [-0.25, -0.2) is 0 Å². The first kappa shape index (κ1) is 13.4. The number of carboxylic acid groups (broad SMARTS) is 1. The summed E-state index contributed by atoms with van der Waals surface area (Å²) in [6.07, 6.45) is 5.87. The smallest absolute Gasteiger partial charge is 0.311 e. The number of piperidine rings is 1. The Labute approximate surface area is 111 Å². The van der Waals surface area contributed by atoms with Gasteiger partial charge in [0.1, 0.15) is 5.76 Å². The summed E-state index contributed by atoms with van der Waals surface area (Å²) in [5, 5.41) is 9.21. The van der Waals surface area contributed by atoms with E-state index in [2.05, 4.69) is 0 Å². The van der Waals surface area contributed by atoms with Gasteiger partial charge in [0.2, 0.25) is 5.91 Å². The van der Waals surface area contributed by atoms with Crippen LogP contribution in [0.3, 0.4) is 0 Å². The lowest BCUT2D eigenvalue weighted by Gasteiger charge is -2.37. The maximum Gasteiger partial charge on any atom is 0.311 e. The molecule has 102 valence electrons. The van der Waals surface area contributed by atoms with E-state index in [1.165, 1.54) is 12.3 Å². The van der Waals surface area contributed by atoms with Crippen LogP contribution in [0.5, 0.6) is 0 Å². The number of amides is 1. The van der Waals surface area contributed by atoms with Gasteiger partial charge < -0.3 is 14.4 Å². The van der Waals surface area contributed by atoms with Crippen molar-refractivity contribution in [2.75, 3.05) is 13.1 Å². The Bertz CT molecular complexity index is 492. The Morgan fingerprint density at radius 3 is 2.95 bits per heavy atom. The molecule has 1 amide bonds. The van der Waals surface area contributed by atoms with Crippen LogP contribution in [0.15, 0.2) is 28.9 Å². The molecular formula is C14H17NO4. The van der Waals surface area contributed by atoms with Crippen molar-refractivity contribution in [3.05, 3.63) is 30.2 Å². The Morgan fingerprint density at radius 2 is 2.32 bits per heavy atom. The molecule has 1 aromatic rings. The molecule has 2 heterocycles. The highest BCUT2D eigenvalue weighted by molar-refractivity contribution is 5.92. The summed E-state index contributed by atoms with van der Waals surface area (Å²) >= 11 is 0. The minimum absolute atomic E-state index is 0.177. The van der Waals surface area contributed by atoms with Gasteiger partial charge in [0.05, 0.1) is 11.7 Å². The maximum atomic E-state index is 12.0. The second kappa shape index (κ2) is 5.30. The van der Waals surface area contributed by atoms with Crippen molar-refractivity contribution < 1.29 is 19.1 Å². The molecule has 1 N–H and O–H groups in total. The predicted octanol–water partition coefficient (Wildman–Crippen LogP) is 2.01. The summed E-state index contributed by atoms with van der Waals surface area (Å²) < 4.78 is 5.10. The van der Waals surface area contributed by atoms with Crippen LogP contribution in [-0.2, 0) is 9.59 Å². The minimum atomic E-state index is -0.847. The molecule has 0 aromatic carbocycles. The molecule has 5 heteroatoms. The molecular weight excluding hydrogens is 246 g/mol. The normalized spacial score (nSPS) is 23.7. The van der Waals surface area contributed by atoms with Crippen LogP contribution in [0, 0.1) is 5.41 Å². The number of hydrogen-bond acceptors (Lipinski definition) is 3. The standard InChI is InChI=1S/C14H17NO4/c1-14(13(17)18)7-3-8-15(10-14)12(16)6-5-11-4-2-9-19-11/h2,4-6,9H,3,7-8,10H2,1H3,(H,17,18). The van der Waals surface area contributed by atoms with Crippen LogP contribution < -0.4 is 0 Å². The first-order valence-corrected chi connectivity index (χ1v) is 6.25. The van der Waals surface area contributed by atoms with Crippen LogP contribution in [0.1, 0.15) is 25.5 Å². The lowest BCUT2D eigenvalue weighted by molar-refractivity contribution is -0.152. The third kappa shape index (κ3) is 3.05. The van der Waals surface area contributed by atoms with Crippen molar-refractivity contribution in [2.24, 2.45) is 5.41 Å². The summed E-state index contributed by atoms with van der Waals surface area (Å²) in [6.45, 7) is 2.54. The van der Waals surface area contributed by atoms with Crippen molar-refractivity contribution in [2.45, 2.75) is 19.8 Å². The number of carbonyl (C=O) groups is 2. The number of aliphatic carboxylic acids is 1. The molecule has 1 aliphatic heterocycles. The monoisotopic (exact) mass is 263 g/mol. The van der Waals surface area contributed by atoms with Gasteiger partial charge in [-0.2, -0.15) is 0 Å². The molecule has 0 aliphatic carbocycles. The molecule has 1 saturated heterocycles. The van der Waals surface area contributed by atoms with Crippen LogP contribution in [0.4, 0.5) is 0 Å². The third-order valence-electron chi connectivity index (χ3n) is 3.46. The summed E-state index contributed by atoms with van der Waals surface area (Å²) in [6, 6.07) is 3.49. The fraction of sp³-hybridized carbons (Fsp3) is 0.429. The molecule has 1 aliphatic rings. The molecule has 0 radical (unpaired) electrons. The number of likely N-dealkylation sites (tertiary alicyclic amines) is 1. The first-order chi connectivity index (χ1) is 9.01. The second-order valence-electron chi connectivity index (χ2n) is 5.08. The highest BCUT2D eigenvalue weighted by atomic mass is 16.4. The number of carboxylic acids is 1. The number of carbonyl (C=O) groups excluding carboxylic acids is 1. The van der Waals surface area contributed by atoms with Crippen LogP contribution in [0.2, 0.25) is 0 Å². The predicted molar refractivity (Wildman–Crippen MR) is 69.3 cm³/mol. The number of rotatable bonds is 3. The number of nitrogens with zero attached hydrogens (tertiary/aromatic N) is 1. The van der Waals surface area contributed by atoms with Crippen LogP contribution >= 0.6 is 0 Å². The van der Waals surface area contributed by atoms with E-state index in [9.17, 15) is 14.7 Å². The Kier molecular flexibility index (Phi) is 3.74. The highest BCUT2D eigenvalue weighted by Gasteiger charge is 2.38. The van der Waals surface area contributed by atoms with E-state index < -0.39 is 11.4 Å². The van der Waals surface area contributed by atoms with Crippen molar-refractivity contribution in [3.8, 4) is 0 Å². The lowest BCUT2D eigenvalue weighted by atomic mass is 9.82. The van der Waals surface area contributed by atoms with Crippen LogP contribution in [0.25, 0.3) is 6.08 Å². The zero-order valence-electron chi connectivity index (χ0n) is 10.8. The Hall–Kier alpha value is -2.04. The minimum Gasteiger partial charge on any atom is -0.481 e. The fourth-order valence-corrected chi connectivity index (χ4v) is 2.25. The molecule has 0 bridgehead atoms. The van der Waals surface area contributed by atoms with E-state index in [0.717, 1.165) is 0 Å². The molecule has 0 saturated carbocycles. The van der Waals surface area contributed by atoms with Gasteiger partial charge in [-0.1, -0.05) is 0 Å². The van der Waals surface area contributed by atoms with E-state index in [-0.39, 0.29) is 12.5 Å². The number of furan rings is 1. The van der Waals surface area contributed by atoms with Gasteiger partial charge in [0.15, 0.2) is 0 Å². The summed E-state index contributed by atoms with van der Waals surface area (Å²) in [4.78, 5) is 24.8. The molecule has 1 atom stereocenters. The van der Waals surface area contributed by atoms with E-state index in [1.807, 2.05) is 0 Å². The van der Waals surface area contributed by atoms with E-state index in [4.69, 9.17) is 4.42 Å². The van der Waals surface area contributed by atoms with Gasteiger partial charge in [-0.15, -0.1) is 0 Å². The van der Waals surface area contributed by atoms with E-state index in [0.29, 0.717) is 25.1 Å². The Morgan fingerprint density at radius 1 is 1.53 bits per heavy atom. The van der Waals surface area contributed by atoms with Crippen molar-refractivity contribution >= 4 is 18.0 Å².